The van der Waals surface area contributed by atoms with Crippen molar-refractivity contribution in [1.29, 1.82) is 0 Å². The number of hydrogen-bond acceptors (Lipinski definition) is 2. The van der Waals surface area contributed by atoms with Crippen molar-refractivity contribution >= 4 is 11.6 Å². The van der Waals surface area contributed by atoms with Crippen LogP contribution in [0.4, 0.5) is 0 Å². The lowest BCUT2D eigenvalue weighted by Gasteiger charge is -2.26. The van der Waals surface area contributed by atoms with Crippen LogP contribution in [0.15, 0.2) is 24.3 Å². The molecule has 1 atom stereocenters. The average molecular weight is 241 g/mol. The molecule has 3 heteroatoms. The van der Waals surface area contributed by atoms with E-state index in [-0.39, 0.29) is 6.10 Å². The van der Waals surface area contributed by atoms with Crippen molar-refractivity contribution in [1.82, 2.24) is 0 Å². The van der Waals surface area contributed by atoms with Crippen molar-refractivity contribution in [2.75, 3.05) is 13.2 Å². The van der Waals surface area contributed by atoms with E-state index in [0.29, 0.717) is 12.3 Å². The van der Waals surface area contributed by atoms with Crippen LogP contribution >= 0.6 is 11.6 Å². The fraction of sp³-hybridized carbons (Fsp3) is 0.538. The Morgan fingerprint density at radius 1 is 1.25 bits per heavy atom. The minimum Gasteiger partial charge on any atom is -0.392 e. The summed E-state index contributed by atoms with van der Waals surface area (Å²) < 4.78 is 5.29. The highest BCUT2D eigenvalue weighted by molar-refractivity contribution is 6.30. The quantitative estimate of drug-likeness (QED) is 0.880. The maximum absolute atomic E-state index is 10.1. The van der Waals surface area contributed by atoms with Gasteiger partial charge in [0.1, 0.15) is 0 Å². The molecule has 1 aliphatic rings. The zero-order valence-electron chi connectivity index (χ0n) is 9.23. The second kappa shape index (κ2) is 5.67. The highest BCUT2D eigenvalue weighted by Gasteiger charge is 2.22. The molecule has 1 N–H and O–H groups in total. The van der Waals surface area contributed by atoms with Crippen LogP contribution in [0.3, 0.4) is 0 Å². The first kappa shape index (κ1) is 11.9. The van der Waals surface area contributed by atoms with Gasteiger partial charge in [0.05, 0.1) is 6.10 Å². The maximum Gasteiger partial charge on any atom is 0.0610 e. The number of halogens is 1. The minimum atomic E-state index is -0.259. The molecule has 0 bridgehead atoms. The normalized spacial score (nSPS) is 19.6. The Morgan fingerprint density at radius 3 is 2.50 bits per heavy atom. The third kappa shape index (κ3) is 3.21. The summed E-state index contributed by atoms with van der Waals surface area (Å²) in [5, 5.41) is 10.8. The van der Waals surface area contributed by atoms with Gasteiger partial charge in [-0.15, -0.1) is 0 Å². The van der Waals surface area contributed by atoms with Gasteiger partial charge in [0, 0.05) is 18.2 Å². The van der Waals surface area contributed by atoms with Crippen LogP contribution in [0, 0.1) is 5.92 Å². The molecule has 2 rings (SSSR count). The number of benzene rings is 1. The summed E-state index contributed by atoms with van der Waals surface area (Å²) >= 11 is 5.82. The predicted molar refractivity (Wildman–Crippen MR) is 64.7 cm³/mol. The Hall–Kier alpha value is -0.570. The average Bonchev–Trinajstić information content (AvgIpc) is 2.33. The highest BCUT2D eigenvalue weighted by atomic mass is 35.5. The zero-order valence-corrected chi connectivity index (χ0v) is 9.99. The van der Waals surface area contributed by atoms with E-state index >= 15 is 0 Å². The second-order valence-electron chi connectivity index (χ2n) is 4.35. The fourth-order valence-corrected chi connectivity index (χ4v) is 2.26. The second-order valence-corrected chi connectivity index (χ2v) is 4.78. The molecule has 0 spiro atoms. The summed E-state index contributed by atoms with van der Waals surface area (Å²) in [5.41, 5.74) is 1.14. The van der Waals surface area contributed by atoms with Gasteiger partial charge in [-0.2, -0.15) is 0 Å². The molecule has 0 aliphatic carbocycles. The number of aliphatic hydroxyl groups is 1. The van der Waals surface area contributed by atoms with Crippen LogP contribution in [0.1, 0.15) is 18.4 Å². The van der Waals surface area contributed by atoms with E-state index in [0.717, 1.165) is 36.6 Å². The highest BCUT2D eigenvalue weighted by Crippen LogP contribution is 2.22. The van der Waals surface area contributed by atoms with Crippen molar-refractivity contribution in [3.05, 3.63) is 34.9 Å². The van der Waals surface area contributed by atoms with E-state index in [1.165, 1.54) is 0 Å². The van der Waals surface area contributed by atoms with Crippen LogP contribution in [0.2, 0.25) is 5.02 Å². The van der Waals surface area contributed by atoms with Gasteiger partial charge in [-0.1, -0.05) is 23.7 Å². The SMILES string of the molecule is OC(Cc1ccc(Cl)cc1)C1CCOCC1. The first-order chi connectivity index (χ1) is 7.75. The summed E-state index contributed by atoms with van der Waals surface area (Å²) in [7, 11) is 0. The molecule has 1 saturated heterocycles. The third-order valence-corrected chi connectivity index (χ3v) is 3.42. The van der Waals surface area contributed by atoms with Crippen LogP contribution in [-0.4, -0.2) is 24.4 Å². The smallest absolute Gasteiger partial charge is 0.0610 e. The lowest BCUT2D eigenvalue weighted by molar-refractivity contribution is 0.00840. The number of hydrogen-bond donors (Lipinski definition) is 1. The first-order valence-corrected chi connectivity index (χ1v) is 6.14. The molecule has 16 heavy (non-hydrogen) atoms. The van der Waals surface area contributed by atoms with Crippen LogP contribution in [-0.2, 0) is 11.2 Å². The van der Waals surface area contributed by atoms with E-state index in [2.05, 4.69) is 0 Å². The molecule has 1 fully saturated rings. The number of ether oxygens (including phenoxy) is 1. The molecule has 1 aromatic rings. The van der Waals surface area contributed by atoms with Crippen molar-refractivity contribution < 1.29 is 9.84 Å². The van der Waals surface area contributed by atoms with Gasteiger partial charge in [0.25, 0.3) is 0 Å². The summed E-state index contributed by atoms with van der Waals surface area (Å²) in [6.07, 6.45) is 2.39. The van der Waals surface area contributed by atoms with Gasteiger partial charge in [-0.25, -0.2) is 0 Å². The summed E-state index contributed by atoms with van der Waals surface area (Å²) in [6.45, 7) is 1.56. The van der Waals surface area contributed by atoms with E-state index in [9.17, 15) is 5.11 Å². The molecular weight excluding hydrogens is 224 g/mol. The van der Waals surface area contributed by atoms with E-state index in [4.69, 9.17) is 16.3 Å². The fourth-order valence-electron chi connectivity index (χ4n) is 2.13. The number of aliphatic hydroxyl groups excluding tert-OH is 1. The van der Waals surface area contributed by atoms with Crippen molar-refractivity contribution in [2.45, 2.75) is 25.4 Å². The zero-order chi connectivity index (χ0) is 11.4. The molecule has 0 aromatic heterocycles. The molecule has 88 valence electrons. The van der Waals surface area contributed by atoms with Crippen molar-refractivity contribution in [2.24, 2.45) is 5.92 Å². The molecule has 1 aromatic carbocycles. The topological polar surface area (TPSA) is 29.5 Å². The Labute approximate surface area is 101 Å². The van der Waals surface area contributed by atoms with E-state index in [1.54, 1.807) is 0 Å². The Balaban J connectivity index is 1.90. The van der Waals surface area contributed by atoms with Gasteiger partial charge < -0.3 is 9.84 Å². The molecule has 0 radical (unpaired) electrons. The first-order valence-electron chi connectivity index (χ1n) is 5.76. The standard InChI is InChI=1S/C13H17ClO2/c14-12-3-1-10(2-4-12)9-13(15)11-5-7-16-8-6-11/h1-4,11,13,15H,5-9H2. The lowest BCUT2D eigenvalue weighted by Crippen LogP contribution is -2.28. The largest absolute Gasteiger partial charge is 0.392 e. The van der Waals surface area contributed by atoms with Crippen molar-refractivity contribution in [3.8, 4) is 0 Å². The van der Waals surface area contributed by atoms with Gasteiger partial charge in [0.15, 0.2) is 0 Å². The third-order valence-electron chi connectivity index (χ3n) is 3.17. The Kier molecular flexibility index (Phi) is 4.22. The summed E-state index contributed by atoms with van der Waals surface area (Å²) in [5.74, 6) is 0.379. The van der Waals surface area contributed by atoms with Crippen LogP contribution in [0.25, 0.3) is 0 Å². The molecule has 2 nitrogen and oxygen atoms in total. The monoisotopic (exact) mass is 240 g/mol. The molecule has 1 heterocycles. The lowest BCUT2D eigenvalue weighted by atomic mass is 9.90. The van der Waals surface area contributed by atoms with Gasteiger partial charge in [0.2, 0.25) is 0 Å². The Bertz CT molecular complexity index is 317. The molecule has 0 saturated carbocycles. The maximum atomic E-state index is 10.1. The Morgan fingerprint density at radius 2 is 1.88 bits per heavy atom. The van der Waals surface area contributed by atoms with Crippen LogP contribution in [0.5, 0.6) is 0 Å². The predicted octanol–water partition coefficient (Wildman–Crippen LogP) is 2.67. The van der Waals surface area contributed by atoms with E-state index < -0.39 is 0 Å². The number of rotatable bonds is 3. The summed E-state index contributed by atoms with van der Waals surface area (Å²) in [4.78, 5) is 0. The van der Waals surface area contributed by atoms with Crippen LogP contribution < -0.4 is 0 Å². The van der Waals surface area contributed by atoms with Gasteiger partial charge in [-0.05, 0) is 42.9 Å². The molecule has 0 amide bonds. The molecule has 1 unspecified atom stereocenters. The minimum absolute atomic E-state index is 0.259. The van der Waals surface area contributed by atoms with E-state index in [1.807, 2.05) is 24.3 Å². The van der Waals surface area contributed by atoms with Gasteiger partial charge in [-0.3, -0.25) is 0 Å². The summed E-state index contributed by atoms with van der Waals surface area (Å²) in [6, 6.07) is 7.69. The van der Waals surface area contributed by atoms with Gasteiger partial charge >= 0.3 is 0 Å². The molecular formula is C13H17ClO2. The van der Waals surface area contributed by atoms with Crippen molar-refractivity contribution in [3.63, 3.8) is 0 Å². The molecule has 1 aliphatic heterocycles.